The van der Waals surface area contributed by atoms with Crippen molar-refractivity contribution in [3.05, 3.63) is 64.7 Å². The molecule has 0 saturated heterocycles. The average Bonchev–Trinajstić information content (AvgIpc) is 2.89. The van der Waals surface area contributed by atoms with Crippen LogP contribution in [0, 0.1) is 20.8 Å². The molecule has 26 heavy (non-hydrogen) atoms. The van der Waals surface area contributed by atoms with Crippen molar-refractivity contribution in [3.8, 4) is 0 Å². The van der Waals surface area contributed by atoms with Gasteiger partial charge in [0.25, 0.3) is 11.6 Å². The van der Waals surface area contributed by atoms with Crippen LogP contribution in [-0.4, -0.2) is 28.6 Å². The van der Waals surface area contributed by atoms with Crippen molar-refractivity contribution in [2.24, 2.45) is 0 Å². The predicted octanol–water partition coefficient (Wildman–Crippen LogP) is 0.876. The van der Waals surface area contributed by atoms with Crippen molar-refractivity contribution in [3.63, 3.8) is 0 Å². The van der Waals surface area contributed by atoms with Gasteiger partial charge in [-0.1, -0.05) is 42.0 Å². The minimum atomic E-state index is -0.949. The van der Waals surface area contributed by atoms with Gasteiger partial charge in [-0.25, -0.2) is 9.48 Å². The van der Waals surface area contributed by atoms with Crippen molar-refractivity contribution >= 4 is 11.5 Å². The monoisotopic (exact) mass is 414 g/mol. The summed E-state index contributed by atoms with van der Waals surface area (Å²) in [6.45, 7) is 7.88. The summed E-state index contributed by atoms with van der Waals surface area (Å²) < 4.78 is 2.25. The third kappa shape index (κ3) is 2.99. The summed E-state index contributed by atoms with van der Waals surface area (Å²) in [6.07, 6.45) is 3.36. The van der Waals surface area contributed by atoms with Gasteiger partial charge in [-0.15, -0.1) is 0 Å². The molecule has 0 spiro atoms. The fraction of sp³-hybridized carbons (Fsp3) is 0.409. The van der Waals surface area contributed by atoms with E-state index in [1.165, 1.54) is 34.6 Å². The van der Waals surface area contributed by atoms with E-state index in [2.05, 4.69) is 72.7 Å². The van der Waals surface area contributed by atoms with Gasteiger partial charge in [0.1, 0.15) is 5.69 Å². The number of nitrogens with zero attached hydrogens (tertiary/aromatic N) is 2. The van der Waals surface area contributed by atoms with Gasteiger partial charge in [0.15, 0.2) is 6.54 Å². The van der Waals surface area contributed by atoms with Crippen molar-refractivity contribution in [2.75, 3.05) is 18.0 Å². The maximum atomic E-state index is 11.8. The lowest BCUT2D eigenvalue weighted by atomic mass is 9.95. The van der Waals surface area contributed by atoms with Crippen molar-refractivity contribution in [1.82, 2.24) is 0 Å². The molecule has 1 atom stereocenters. The number of amidine groups is 1. The number of benzene rings is 2. The van der Waals surface area contributed by atoms with E-state index in [4.69, 9.17) is 0 Å². The summed E-state index contributed by atoms with van der Waals surface area (Å²) in [5.41, 5.74) is 4.96. The summed E-state index contributed by atoms with van der Waals surface area (Å²) in [6, 6.07) is 14.9. The summed E-state index contributed by atoms with van der Waals surface area (Å²) >= 11 is 0. The SMILES string of the molecule is Cc1ccc(C2(O)CN(c3ccccc3C)C3=[N+]2CCCC3)c(C)c1.[Br-]. The first-order valence-electron chi connectivity index (χ1n) is 9.27. The van der Waals surface area contributed by atoms with Crippen LogP contribution in [0.5, 0.6) is 0 Å². The van der Waals surface area contributed by atoms with Crippen molar-refractivity contribution < 1.29 is 26.7 Å². The van der Waals surface area contributed by atoms with Gasteiger partial charge in [-0.2, -0.15) is 0 Å². The van der Waals surface area contributed by atoms with Gasteiger partial charge in [0.05, 0.1) is 6.54 Å². The highest BCUT2D eigenvalue weighted by molar-refractivity contribution is 5.96. The van der Waals surface area contributed by atoms with Crippen LogP contribution in [0.3, 0.4) is 0 Å². The molecule has 0 aromatic heterocycles. The molecule has 0 bridgehead atoms. The number of rotatable bonds is 2. The molecule has 138 valence electrons. The fourth-order valence-corrected chi connectivity index (χ4v) is 4.48. The Morgan fingerprint density at radius 3 is 2.50 bits per heavy atom. The van der Waals surface area contributed by atoms with Gasteiger partial charge in [0.2, 0.25) is 0 Å². The highest BCUT2D eigenvalue weighted by Gasteiger charge is 2.53. The van der Waals surface area contributed by atoms with Gasteiger partial charge >= 0.3 is 0 Å². The Bertz CT molecular complexity index is 861. The second kappa shape index (κ2) is 7.16. The molecule has 2 aromatic rings. The van der Waals surface area contributed by atoms with E-state index in [-0.39, 0.29) is 17.0 Å². The van der Waals surface area contributed by atoms with Crippen LogP contribution < -0.4 is 21.9 Å². The smallest absolute Gasteiger partial charge is 0.271 e. The number of hydrogen-bond acceptors (Lipinski definition) is 2. The predicted molar refractivity (Wildman–Crippen MR) is 102 cm³/mol. The molecular weight excluding hydrogens is 388 g/mol. The Balaban J connectivity index is 0.00000196. The topological polar surface area (TPSA) is 26.5 Å². The molecule has 4 rings (SSSR count). The van der Waals surface area contributed by atoms with Crippen LogP contribution in [0.4, 0.5) is 5.69 Å². The number of β-amino-alcohol motifs (C(OH)–C–C–N with tert-alkyl or cyclic N) is 1. The molecular formula is C22H27BrN2O. The first kappa shape index (κ1) is 19.1. The van der Waals surface area contributed by atoms with E-state index in [1.54, 1.807) is 0 Å². The van der Waals surface area contributed by atoms with Crippen LogP contribution in [-0.2, 0) is 5.72 Å². The van der Waals surface area contributed by atoms with Crippen LogP contribution >= 0.6 is 0 Å². The van der Waals surface area contributed by atoms with E-state index in [9.17, 15) is 5.11 Å². The molecule has 2 heterocycles. The van der Waals surface area contributed by atoms with Crippen LogP contribution in [0.1, 0.15) is 41.5 Å². The molecule has 2 aromatic carbocycles. The molecule has 2 aliphatic rings. The van der Waals surface area contributed by atoms with E-state index in [0.29, 0.717) is 6.54 Å². The zero-order valence-electron chi connectivity index (χ0n) is 15.8. The normalized spacial score (nSPS) is 22.2. The fourth-order valence-electron chi connectivity index (χ4n) is 4.48. The Kier molecular flexibility index (Phi) is 5.27. The minimum Gasteiger partial charge on any atom is -1.00 e. The maximum Gasteiger partial charge on any atom is 0.271 e. The first-order chi connectivity index (χ1) is 12.0. The molecule has 0 radical (unpaired) electrons. The van der Waals surface area contributed by atoms with Crippen molar-refractivity contribution in [2.45, 2.75) is 45.8 Å². The Morgan fingerprint density at radius 2 is 1.77 bits per heavy atom. The van der Waals surface area contributed by atoms with Crippen LogP contribution in [0.25, 0.3) is 0 Å². The second-order valence-corrected chi connectivity index (χ2v) is 7.53. The lowest BCUT2D eigenvalue weighted by Crippen LogP contribution is -3.00. The van der Waals surface area contributed by atoms with Crippen LogP contribution in [0.15, 0.2) is 42.5 Å². The molecule has 1 N–H and O–H groups in total. The second-order valence-electron chi connectivity index (χ2n) is 7.53. The number of anilines is 1. The Morgan fingerprint density at radius 1 is 1.00 bits per heavy atom. The first-order valence-corrected chi connectivity index (χ1v) is 9.27. The largest absolute Gasteiger partial charge is 1.00 e. The lowest BCUT2D eigenvalue weighted by molar-refractivity contribution is -0.661. The third-order valence-electron chi connectivity index (χ3n) is 5.70. The van der Waals surface area contributed by atoms with Gasteiger partial charge in [-0.3, -0.25) is 0 Å². The summed E-state index contributed by atoms with van der Waals surface area (Å²) in [7, 11) is 0. The van der Waals surface area contributed by atoms with E-state index in [1.807, 2.05) is 0 Å². The summed E-state index contributed by atoms with van der Waals surface area (Å²) in [4.78, 5) is 2.34. The van der Waals surface area contributed by atoms with Gasteiger partial charge < -0.3 is 22.1 Å². The maximum absolute atomic E-state index is 11.8. The molecule has 0 aliphatic carbocycles. The Labute approximate surface area is 166 Å². The highest BCUT2D eigenvalue weighted by Crippen LogP contribution is 2.37. The third-order valence-corrected chi connectivity index (χ3v) is 5.70. The van der Waals surface area contributed by atoms with Crippen molar-refractivity contribution in [1.29, 1.82) is 0 Å². The number of aryl methyl sites for hydroxylation is 3. The summed E-state index contributed by atoms with van der Waals surface area (Å²) in [5.74, 6) is 1.27. The van der Waals surface area contributed by atoms with Gasteiger partial charge in [-0.05, 0) is 50.8 Å². The molecule has 0 fully saturated rings. The van der Waals surface area contributed by atoms with Gasteiger partial charge in [0, 0.05) is 12.0 Å². The molecule has 0 saturated carbocycles. The molecule has 3 nitrogen and oxygen atoms in total. The number of aliphatic hydroxyl groups is 1. The zero-order valence-corrected chi connectivity index (χ0v) is 17.4. The average molecular weight is 415 g/mol. The quantitative estimate of drug-likeness (QED) is 0.738. The highest BCUT2D eigenvalue weighted by atomic mass is 79.9. The van der Waals surface area contributed by atoms with Crippen LogP contribution in [0.2, 0.25) is 0 Å². The standard InChI is InChI=1S/C22H27N2O.BrH/c1-16-11-12-19(18(3)14-16)22(25)15-23(20-9-5-4-8-17(20)2)21-10-6-7-13-24(21)22;/h4-5,8-9,11-12,14,25H,6-7,10,13,15H2,1-3H3;1H/q+1;/p-1. The zero-order chi connectivity index (χ0) is 17.6. The molecule has 4 heteroatoms. The van der Waals surface area contributed by atoms with E-state index in [0.717, 1.165) is 24.9 Å². The number of para-hydroxylation sites is 1. The minimum absolute atomic E-state index is 0. The number of halogens is 1. The van der Waals surface area contributed by atoms with E-state index >= 15 is 0 Å². The summed E-state index contributed by atoms with van der Waals surface area (Å²) in [5, 5.41) is 11.8. The Hall–Kier alpha value is -1.65. The molecule has 0 amide bonds. The van der Waals surface area contributed by atoms with E-state index < -0.39 is 5.72 Å². The molecule has 1 unspecified atom stereocenters. The lowest BCUT2D eigenvalue weighted by Gasteiger charge is -2.26. The number of hydrogen-bond donors (Lipinski definition) is 1. The molecule has 2 aliphatic heterocycles.